The van der Waals surface area contributed by atoms with Crippen LogP contribution in [0.25, 0.3) is 76.5 Å². The van der Waals surface area contributed by atoms with Crippen molar-refractivity contribution in [3.63, 3.8) is 0 Å². The number of hydrogen-bond donors (Lipinski definition) is 0. The number of rotatable bonds is 6. The second-order valence-electron chi connectivity index (χ2n) is 13.8. The van der Waals surface area contributed by atoms with E-state index in [4.69, 9.17) is 0 Å². The lowest BCUT2D eigenvalue weighted by Gasteiger charge is -2.28. The molecule has 0 aliphatic heterocycles. The zero-order valence-electron chi connectivity index (χ0n) is 29.2. The Morgan fingerprint density at radius 1 is 0.245 bits per heavy atom. The highest BCUT2D eigenvalue weighted by molar-refractivity contribution is 6.13. The molecule has 0 N–H and O–H groups in total. The van der Waals surface area contributed by atoms with Crippen LogP contribution in [0.15, 0.2) is 212 Å². The molecule has 0 unspecified atom stereocenters. The molecular weight excluding hydrogens is 639 g/mol. The summed E-state index contributed by atoms with van der Waals surface area (Å²) in [6.07, 6.45) is 0. The van der Waals surface area contributed by atoms with Crippen LogP contribution in [0.3, 0.4) is 0 Å². The van der Waals surface area contributed by atoms with Gasteiger partial charge < -0.3 is 4.90 Å². The van der Waals surface area contributed by atoms with Crippen molar-refractivity contribution in [2.75, 3.05) is 4.90 Å². The lowest BCUT2D eigenvalue weighted by Crippen LogP contribution is -2.10. The zero-order chi connectivity index (χ0) is 35.1. The maximum atomic E-state index is 2.42. The maximum Gasteiger partial charge on any atom is 0.0540 e. The minimum Gasteiger partial charge on any atom is -0.310 e. The Bertz CT molecular complexity index is 2950. The Balaban J connectivity index is 1.10. The van der Waals surface area contributed by atoms with Gasteiger partial charge >= 0.3 is 0 Å². The SMILES string of the molecule is c1cc(-c2ccc(N(c3cccc(-c4cccc5ccccc45)c3)c3cccc4c3ccc3ccccc34)cc2)cc(-c2ccc3ccccc3c2)c1. The zero-order valence-corrected chi connectivity index (χ0v) is 29.2. The largest absolute Gasteiger partial charge is 0.310 e. The lowest BCUT2D eigenvalue weighted by molar-refractivity contribution is 1.30. The predicted molar refractivity (Wildman–Crippen MR) is 227 cm³/mol. The second kappa shape index (κ2) is 13.0. The van der Waals surface area contributed by atoms with Crippen molar-refractivity contribution in [3.8, 4) is 33.4 Å². The van der Waals surface area contributed by atoms with Gasteiger partial charge in [0.1, 0.15) is 0 Å². The molecule has 0 saturated heterocycles. The first-order valence-corrected chi connectivity index (χ1v) is 18.3. The van der Waals surface area contributed by atoms with Crippen LogP contribution in [0.1, 0.15) is 0 Å². The monoisotopic (exact) mass is 673 g/mol. The molecule has 0 aliphatic carbocycles. The number of nitrogens with zero attached hydrogens (tertiary/aromatic N) is 1. The Labute approximate surface area is 309 Å². The van der Waals surface area contributed by atoms with E-state index in [-0.39, 0.29) is 0 Å². The molecule has 0 atom stereocenters. The summed E-state index contributed by atoms with van der Waals surface area (Å²) in [4.78, 5) is 2.42. The molecule has 0 radical (unpaired) electrons. The number of hydrogen-bond acceptors (Lipinski definition) is 1. The molecule has 248 valence electrons. The molecule has 10 aromatic rings. The summed E-state index contributed by atoms with van der Waals surface area (Å²) >= 11 is 0. The normalized spacial score (nSPS) is 11.4. The topological polar surface area (TPSA) is 3.24 Å². The molecule has 0 heterocycles. The van der Waals surface area contributed by atoms with Crippen LogP contribution in [-0.4, -0.2) is 0 Å². The van der Waals surface area contributed by atoms with Crippen molar-refractivity contribution in [1.82, 2.24) is 0 Å². The van der Waals surface area contributed by atoms with E-state index in [1.54, 1.807) is 0 Å². The first-order valence-electron chi connectivity index (χ1n) is 18.3. The van der Waals surface area contributed by atoms with Crippen LogP contribution in [0.4, 0.5) is 17.1 Å². The Hall–Kier alpha value is -6.96. The molecule has 10 aromatic carbocycles. The maximum absolute atomic E-state index is 2.42. The number of benzene rings is 10. The third-order valence-corrected chi connectivity index (χ3v) is 10.6. The van der Waals surface area contributed by atoms with Gasteiger partial charge in [0.05, 0.1) is 5.69 Å². The van der Waals surface area contributed by atoms with E-state index >= 15 is 0 Å². The van der Waals surface area contributed by atoms with Crippen molar-refractivity contribution in [1.29, 1.82) is 0 Å². The highest BCUT2D eigenvalue weighted by Gasteiger charge is 2.18. The Kier molecular flexibility index (Phi) is 7.55. The van der Waals surface area contributed by atoms with Gasteiger partial charge in [-0.2, -0.15) is 0 Å². The molecule has 0 aromatic heterocycles. The first-order chi connectivity index (χ1) is 26.3. The molecular formula is C52H35N. The van der Waals surface area contributed by atoms with Gasteiger partial charge in [-0.15, -0.1) is 0 Å². The van der Waals surface area contributed by atoms with E-state index in [9.17, 15) is 0 Å². The van der Waals surface area contributed by atoms with E-state index in [0.717, 1.165) is 17.1 Å². The summed E-state index contributed by atoms with van der Waals surface area (Å²) in [6.45, 7) is 0. The minimum absolute atomic E-state index is 1.11. The molecule has 0 aliphatic rings. The van der Waals surface area contributed by atoms with Gasteiger partial charge in [0.15, 0.2) is 0 Å². The van der Waals surface area contributed by atoms with Crippen molar-refractivity contribution >= 4 is 60.2 Å². The van der Waals surface area contributed by atoms with Crippen LogP contribution < -0.4 is 4.90 Å². The van der Waals surface area contributed by atoms with Gasteiger partial charge in [0.25, 0.3) is 0 Å². The third kappa shape index (κ3) is 5.60. The third-order valence-electron chi connectivity index (χ3n) is 10.6. The van der Waals surface area contributed by atoms with Crippen molar-refractivity contribution in [2.45, 2.75) is 0 Å². The Morgan fingerprint density at radius 2 is 0.811 bits per heavy atom. The molecule has 0 spiro atoms. The summed E-state index contributed by atoms with van der Waals surface area (Å²) in [5.74, 6) is 0. The molecule has 0 fully saturated rings. The van der Waals surface area contributed by atoms with Crippen LogP contribution >= 0.6 is 0 Å². The average molecular weight is 674 g/mol. The lowest BCUT2D eigenvalue weighted by atomic mass is 9.96. The summed E-state index contributed by atoms with van der Waals surface area (Å²) in [5, 5.41) is 9.99. The van der Waals surface area contributed by atoms with Gasteiger partial charge in [0.2, 0.25) is 0 Å². The van der Waals surface area contributed by atoms with E-state index in [0.29, 0.717) is 0 Å². The smallest absolute Gasteiger partial charge is 0.0540 e. The Morgan fingerprint density at radius 3 is 1.66 bits per heavy atom. The van der Waals surface area contributed by atoms with Crippen molar-refractivity contribution in [2.24, 2.45) is 0 Å². The van der Waals surface area contributed by atoms with Crippen LogP contribution in [0.2, 0.25) is 0 Å². The molecule has 10 rings (SSSR count). The first kappa shape index (κ1) is 30.8. The second-order valence-corrected chi connectivity index (χ2v) is 13.8. The van der Waals surface area contributed by atoms with Crippen molar-refractivity contribution < 1.29 is 0 Å². The van der Waals surface area contributed by atoms with Crippen LogP contribution in [-0.2, 0) is 0 Å². The summed E-state index contributed by atoms with van der Waals surface area (Å²) in [7, 11) is 0. The summed E-state index contributed by atoms with van der Waals surface area (Å²) < 4.78 is 0. The van der Waals surface area contributed by atoms with Gasteiger partial charge in [-0.05, 0) is 114 Å². The molecule has 1 heteroatoms. The van der Waals surface area contributed by atoms with Gasteiger partial charge in [-0.3, -0.25) is 0 Å². The van der Waals surface area contributed by atoms with Gasteiger partial charge in [0, 0.05) is 16.8 Å². The van der Waals surface area contributed by atoms with Crippen LogP contribution in [0.5, 0.6) is 0 Å². The number of fused-ring (bicyclic) bond motifs is 5. The fraction of sp³-hybridized carbons (Fsp3) is 0. The molecule has 0 saturated carbocycles. The number of anilines is 3. The summed E-state index contributed by atoms with van der Waals surface area (Å²) in [5.41, 5.74) is 10.6. The van der Waals surface area contributed by atoms with E-state index in [2.05, 4.69) is 217 Å². The quantitative estimate of drug-likeness (QED) is 0.159. The molecule has 1 nitrogen and oxygen atoms in total. The highest BCUT2D eigenvalue weighted by Crippen LogP contribution is 2.43. The van der Waals surface area contributed by atoms with Gasteiger partial charge in [-0.1, -0.05) is 170 Å². The van der Waals surface area contributed by atoms with Crippen molar-refractivity contribution in [3.05, 3.63) is 212 Å². The molecule has 0 bridgehead atoms. The van der Waals surface area contributed by atoms with E-state index in [1.807, 2.05) is 0 Å². The van der Waals surface area contributed by atoms with Gasteiger partial charge in [-0.25, -0.2) is 0 Å². The minimum atomic E-state index is 1.11. The van der Waals surface area contributed by atoms with E-state index < -0.39 is 0 Å². The van der Waals surface area contributed by atoms with E-state index in [1.165, 1.54) is 76.5 Å². The molecule has 53 heavy (non-hydrogen) atoms. The fourth-order valence-corrected chi connectivity index (χ4v) is 7.99. The fourth-order valence-electron chi connectivity index (χ4n) is 7.99. The summed E-state index contributed by atoms with van der Waals surface area (Å²) in [6, 6.07) is 77.3. The average Bonchev–Trinajstić information content (AvgIpc) is 3.24. The predicted octanol–water partition coefficient (Wildman–Crippen LogP) is 14.8. The molecule has 0 amide bonds. The van der Waals surface area contributed by atoms with Crippen LogP contribution in [0, 0.1) is 0 Å². The standard InChI is InChI=1S/C52H35N/c1-2-14-40-34-43(26-25-36(40)11-1)42-17-7-16-41(33-42)37-27-30-45(31-28-37)53(52-24-10-23-50-48-21-6-4-13-39(48)29-32-51(50)52)46-19-8-18-44(35-46)49-22-9-15-38-12-3-5-20-47(38)49/h1-35H. The highest BCUT2D eigenvalue weighted by atomic mass is 15.1.